The molecule has 9 aromatic rings. The fourth-order valence-corrected chi connectivity index (χ4v) is 12.1. The van der Waals surface area contributed by atoms with Crippen molar-refractivity contribution < 1.29 is 33.5 Å². The van der Waals surface area contributed by atoms with Crippen molar-refractivity contribution in [3.8, 4) is 31.3 Å². The second-order valence-corrected chi connectivity index (χ2v) is 28.7. The predicted molar refractivity (Wildman–Crippen MR) is 424 cm³/mol. The van der Waals surface area contributed by atoms with E-state index in [1.54, 1.807) is 104 Å². The molecule has 0 saturated heterocycles. The van der Waals surface area contributed by atoms with Crippen LogP contribution in [-0.2, 0) is 28.7 Å². The summed E-state index contributed by atoms with van der Waals surface area (Å²) in [6.07, 6.45) is 21.1. The number of halogens is 1. The molecule has 0 bridgehead atoms. The smallest absolute Gasteiger partial charge is 0.410 e. The Kier molecular flexibility index (Phi) is 33.4. The number of ketones is 3. The summed E-state index contributed by atoms with van der Waals surface area (Å²) >= 11 is 9.32. The zero-order chi connectivity index (χ0) is 77.6. The molecule has 9 heterocycles. The van der Waals surface area contributed by atoms with E-state index in [2.05, 4.69) is 94.2 Å². The Morgan fingerprint density at radius 1 is 0.509 bits per heavy atom. The monoisotopic (exact) mass is 1520 g/mol. The summed E-state index contributed by atoms with van der Waals surface area (Å²) in [6, 6.07) is 16.2. The Balaban J connectivity index is 0.000000242. The first-order chi connectivity index (χ1) is 50.4. The van der Waals surface area contributed by atoms with E-state index in [1.165, 1.54) is 38.5 Å². The number of allylic oxidation sites excluding steroid dienone is 1. The Bertz CT molecular complexity index is 4350. The minimum atomic E-state index is -0.609. The number of carbonyl (C=O) groups excluding carboxylic acids is 6. The molecule has 4 N–H and O–H groups in total. The van der Waals surface area contributed by atoms with Crippen LogP contribution in [0.4, 0.5) is 55.1 Å². The van der Waals surface area contributed by atoms with Crippen molar-refractivity contribution in [1.82, 2.24) is 74.9 Å². The van der Waals surface area contributed by atoms with Crippen molar-refractivity contribution in [2.75, 3.05) is 92.6 Å². The van der Waals surface area contributed by atoms with Gasteiger partial charge in [0.05, 0.1) is 32.8 Å². The number of amides is 2. The lowest BCUT2D eigenvalue weighted by Crippen LogP contribution is -2.43. The molecular weight excluding hydrogens is 1430 g/mol. The summed E-state index contributed by atoms with van der Waals surface area (Å²) in [7, 11) is 10.8. The van der Waals surface area contributed by atoms with Crippen LogP contribution in [0, 0.1) is 20.8 Å². The van der Waals surface area contributed by atoms with Gasteiger partial charge in [0.1, 0.15) is 63.8 Å². The number of hydrogen-bond donors (Lipinski definition) is 4. The number of aromatic nitrogens is 12. The van der Waals surface area contributed by atoms with Gasteiger partial charge in [-0.3, -0.25) is 38.9 Å². The van der Waals surface area contributed by atoms with Crippen molar-refractivity contribution in [3.63, 3.8) is 0 Å². The minimum absolute atomic E-state index is 0.0149. The average molecular weight is 1520 g/mol. The highest BCUT2D eigenvalue weighted by atomic mass is 35.5. The van der Waals surface area contributed by atoms with Crippen molar-refractivity contribution in [1.29, 1.82) is 0 Å². The first-order valence-corrected chi connectivity index (χ1v) is 36.8. The molecule has 0 radical (unpaired) electrons. The number of likely N-dealkylation sites (N-methyl/N-ethyl adjacent to an activating group) is 3. The third-order valence-electron chi connectivity index (χ3n) is 15.9. The maximum absolute atomic E-state index is 12.7. The van der Waals surface area contributed by atoms with Crippen molar-refractivity contribution in [2.45, 2.75) is 125 Å². The summed E-state index contributed by atoms with van der Waals surface area (Å²) in [6.45, 7) is 24.8. The predicted octanol–water partition coefficient (Wildman–Crippen LogP) is 13.3. The maximum Gasteiger partial charge on any atom is 0.410 e. The number of rotatable bonds is 32. The second kappa shape index (κ2) is 41.9. The van der Waals surface area contributed by atoms with Gasteiger partial charge in [-0.1, -0.05) is 47.2 Å². The van der Waals surface area contributed by atoms with E-state index in [1.807, 2.05) is 137 Å². The molecule has 9 rings (SSSR count). The van der Waals surface area contributed by atoms with Gasteiger partial charge in [0, 0.05) is 148 Å². The molecule has 9 aromatic heterocycles. The number of Topliss-reactive ketones (excluding diaryl/α,β-unsaturated/α-hetero) is 3. The van der Waals surface area contributed by atoms with E-state index in [4.69, 9.17) is 16.3 Å². The molecule has 0 aliphatic rings. The molecule has 28 nitrogen and oxygen atoms in total. The van der Waals surface area contributed by atoms with Crippen LogP contribution in [0.1, 0.15) is 97.5 Å². The Morgan fingerprint density at radius 3 is 1.11 bits per heavy atom. The normalized spacial score (nSPS) is 11.6. The molecule has 562 valence electrons. The van der Waals surface area contributed by atoms with E-state index < -0.39 is 29.0 Å². The summed E-state index contributed by atoms with van der Waals surface area (Å²) in [5.74, 6) is 6.19. The molecular formula is C74H94ClN21O7S3. The van der Waals surface area contributed by atoms with Gasteiger partial charge in [-0.25, -0.2) is 49.7 Å². The lowest BCUT2D eigenvalue weighted by Gasteiger charge is -2.28. The van der Waals surface area contributed by atoms with Gasteiger partial charge in [-0.05, 0) is 165 Å². The summed E-state index contributed by atoms with van der Waals surface area (Å²) in [5, 5.41) is 14.5. The molecule has 3 atom stereocenters. The van der Waals surface area contributed by atoms with Crippen LogP contribution in [-0.4, -0.2) is 190 Å². The molecule has 0 saturated carbocycles. The third kappa shape index (κ3) is 27.9. The largest absolute Gasteiger partial charge is 0.444 e. The zero-order valence-corrected chi connectivity index (χ0v) is 65.8. The first-order valence-electron chi connectivity index (χ1n) is 34.0. The van der Waals surface area contributed by atoms with Gasteiger partial charge >= 0.3 is 6.09 Å². The highest BCUT2D eigenvalue weighted by Crippen LogP contribution is 2.34. The Hall–Kier alpha value is -10.5. The molecule has 0 unspecified atom stereocenters. The number of aryl methyl sites for hydroxylation is 3. The van der Waals surface area contributed by atoms with Crippen LogP contribution >= 0.6 is 45.6 Å². The van der Waals surface area contributed by atoms with Crippen LogP contribution in [0.25, 0.3) is 31.3 Å². The fourth-order valence-electron chi connectivity index (χ4n) is 9.58. The second-order valence-electron chi connectivity index (χ2n) is 25.2. The number of pyridine rings is 3. The van der Waals surface area contributed by atoms with Gasteiger partial charge in [0.25, 0.3) is 0 Å². The summed E-state index contributed by atoms with van der Waals surface area (Å²) < 4.78 is 5.36. The topological polar surface area (TPSA) is 331 Å². The number of nitrogens with one attached hydrogen (secondary N) is 4. The standard InChI is InChI=1S/C26H35N7O3S.C24H29N7O2S.C21H27N7OS.C3H3ClO/c1-17(33(7)25(35)36-26(3,4)5)20(34)9-8-14-32(6)23-15-22(29-18(2)30-23)31-24-28-16-21(37-24)19-10-12-27-13-11-19;1-6-23(33)31(5)16(2)19(32)8-7-13-30(4)22-14-21(27-17(3)28-22)29-24-26-15-20(34-24)18-9-11-25-12-10-18;1-14(22-3)17(29)6-5-11-28(4)20-12-19(25-15(2)26-20)27-21-24-13-18(30-21)16-7-9-23-10-8-16;1-2-3(4)5/h10-13,15-17H,8-9,14H2,1-7H3,(H,28,29,30,31);6,9-12,14-16H,1,7-8,13H2,2-5H3,(H,26,27,28,29);7-10,12-14,22H,5-6,11H2,1-4H3,(H,24,25,26,27);2H,1H2/t17-;16-;14-;/m000./s1. The summed E-state index contributed by atoms with van der Waals surface area (Å²) in [5.41, 5.74) is 2.59. The number of hydrogen-bond acceptors (Lipinski definition) is 29. The lowest BCUT2D eigenvalue weighted by molar-refractivity contribution is -0.134. The van der Waals surface area contributed by atoms with Gasteiger partial charge in [-0.2, -0.15) is 0 Å². The number of ether oxygens (including phenoxy) is 1. The van der Waals surface area contributed by atoms with Gasteiger partial charge < -0.3 is 50.5 Å². The highest BCUT2D eigenvalue weighted by molar-refractivity contribution is 7.19. The molecule has 0 aliphatic heterocycles. The number of anilines is 9. The van der Waals surface area contributed by atoms with Crippen molar-refractivity contribution >= 4 is 131 Å². The van der Waals surface area contributed by atoms with Crippen molar-refractivity contribution in [3.05, 3.63) is 153 Å². The van der Waals surface area contributed by atoms with Crippen LogP contribution in [0.5, 0.6) is 0 Å². The molecule has 0 spiro atoms. The Morgan fingerprint density at radius 2 is 0.821 bits per heavy atom. The van der Waals surface area contributed by atoms with Crippen LogP contribution < -0.4 is 36.0 Å². The summed E-state index contributed by atoms with van der Waals surface area (Å²) in [4.78, 5) is 135. The number of nitrogens with zero attached hydrogens (tertiary/aromatic N) is 17. The van der Waals surface area contributed by atoms with Gasteiger partial charge in [0.2, 0.25) is 11.1 Å². The SMILES string of the molecule is C=CC(=O)Cl.C=CC(=O)N(C)[C@@H](C)C(=O)CCCN(C)c1cc(Nc2ncc(-c3ccncc3)s2)nc(C)n1.CN[C@@H](C)C(=O)CCCN(C)c1cc(Nc2ncc(-c3ccncc3)s2)nc(C)n1.Cc1nc(Nc2ncc(-c3ccncc3)s2)cc(N(C)CCCC(=O)[C@H](C)N(C)C(=O)OC(C)(C)C)n1. The minimum Gasteiger partial charge on any atom is -0.444 e. The number of thiazole rings is 3. The molecule has 32 heteroatoms. The van der Waals surface area contributed by atoms with E-state index in [9.17, 15) is 28.8 Å². The average Bonchev–Trinajstić information content (AvgIpc) is 1.58. The van der Waals surface area contributed by atoms with Crippen molar-refractivity contribution in [2.24, 2.45) is 0 Å². The van der Waals surface area contributed by atoms with E-state index in [0.717, 1.165) is 83.2 Å². The molecule has 0 aromatic carbocycles. The van der Waals surface area contributed by atoms with Crippen LogP contribution in [0.15, 0.2) is 136 Å². The molecule has 0 aliphatic carbocycles. The zero-order valence-electron chi connectivity index (χ0n) is 62.6. The molecule has 2 amide bonds. The quantitative estimate of drug-likeness (QED) is 0.0225. The lowest BCUT2D eigenvalue weighted by atomic mass is 10.1. The van der Waals surface area contributed by atoms with Crippen LogP contribution in [0.3, 0.4) is 0 Å². The molecule has 106 heavy (non-hydrogen) atoms. The third-order valence-corrected chi connectivity index (χ3v) is 18.9. The van der Waals surface area contributed by atoms with E-state index in [0.29, 0.717) is 80.1 Å². The van der Waals surface area contributed by atoms with E-state index >= 15 is 0 Å². The van der Waals surface area contributed by atoms with E-state index in [-0.39, 0.29) is 29.3 Å². The fraction of sp³-hybridized carbons (Fsp3) is 0.378. The molecule has 0 fully saturated rings. The van der Waals surface area contributed by atoms with Gasteiger partial charge in [0.15, 0.2) is 27.0 Å². The number of carbonyl (C=O) groups is 6. The van der Waals surface area contributed by atoms with Crippen LogP contribution in [0.2, 0.25) is 0 Å². The maximum atomic E-state index is 12.7. The first kappa shape index (κ1) is 84.5. The van der Waals surface area contributed by atoms with Gasteiger partial charge in [-0.15, -0.1) is 0 Å². The highest BCUT2D eigenvalue weighted by Gasteiger charge is 2.27. The Labute approximate surface area is 636 Å².